The van der Waals surface area contributed by atoms with Crippen molar-refractivity contribution in [2.75, 3.05) is 6.26 Å². The summed E-state index contributed by atoms with van der Waals surface area (Å²) in [6.45, 7) is 10.6. The first kappa shape index (κ1) is 20.6. The zero-order chi connectivity index (χ0) is 19.1. The van der Waals surface area contributed by atoms with Gasteiger partial charge in [0.1, 0.15) is 5.84 Å². The Morgan fingerprint density at radius 1 is 1.46 bits per heavy atom. The van der Waals surface area contributed by atoms with E-state index in [1.165, 1.54) is 35.9 Å². The van der Waals surface area contributed by atoms with Crippen molar-refractivity contribution in [3.05, 3.63) is 51.5 Å². The Labute approximate surface area is 164 Å². The van der Waals surface area contributed by atoms with E-state index in [9.17, 15) is 4.79 Å². The van der Waals surface area contributed by atoms with Crippen molar-refractivity contribution >= 4 is 34.8 Å². The molecule has 0 aromatic carbocycles. The van der Waals surface area contributed by atoms with Gasteiger partial charge in [0.15, 0.2) is 0 Å². The molecule has 26 heavy (non-hydrogen) atoms. The quantitative estimate of drug-likeness (QED) is 0.666. The number of nitrogens with zero attached hydrogens (tertiary/aromatic N) is 3. The number of aliphatic imine (C=N–C) groups is 1. The summed E-state index contributed by atoms with van der Waals surface area (Å²) in [5.74, 6) is 1.24. The number of thiazole rings is 1. The second-order valence-electron chi connectivity index (χ2n) is 6.18. The van der Waals surface area contributed by atoms with Crippen molar-refractivity contribution in [3.8, 4) is 0 Å². The van der Waals surface area contributed by atoms with Crippen LogP contribution in [0, 0.1) is 0 Å². The van der Waals surface area contributed by atoms with Gasteiger partial charge in [0, 0.05) is 16.5 Å². The molecule has 0 radical (unpaired) electrons. The largest absolute Gasteiger partial charge is 0.287 e. The van der Waals surface area contributed by atoms with Gasteiger partial charge in [-0.2, -0.15) is 0 Å². The second kappa shape index (κ2) is 9.88. The fraction of sp³-hybridized carbons (Fsp3) is 0.450. The van der Waals surface area contributed by atoms with Gasteiger partial charge in [0.05, 0.1) is 22.8 Å². The van der Waals surface area contributed by atoms with Crippen LogP contribution in [0.25, 0.3) is 0 Å². The maximum absolute atomic E-state index is 12.4. The smallest absolute Gasteiger partial charge is 0.252 e. The first-order chi connectivity index (χ1) is 12.5. The van der Waals surface area contributed by atoms with Crippen LogP contribution in [-0.4, -0.2) is 27.9 Å². The zero-order valence-corrected chi connectivity index (χ0v) is 17.6. The van der Waals surface area contributed by atoms with E-state index < -0.39 is 0 Å². The fourth-order valence-electron chi connectivity index (χ4n) is 2.48. The Kier molecular flexibility index (Phi) is 7.85. The third kappa shape index (κ3) is 5.17. The van der Waals surface area contributed by atoms with Crippen LogP contribution in [0.5, 0.6) is 0 Å². The number of aromatic nitrogens is 1. The molecule has 2 aliphatic rings. The van der Waals surface area contributed by atoms with Crippen LogP contribution in [0.2, 0.25) is 0 Å². The lowest BCUT2D eigenvalue weighted by Gasteiger charge is -2.26. The molecule has 2 heterocycles. The van der Waals surface area contributed by atoms with Crippen molar-refractivity contribution in [1.82, 2.24) is 9.88 Å². The summed E-state index contributed by atoms with van der Waals surface area (Å²) in [7, 11) is 0. The number of thioether (sulfide) groups is 1. The molecule has 1 amide bonds. The lowest BCUT2D eigenvalue weighted by molar-refractivity contribution is -0.123. The van der Waals surface area contributed by atoms with Crippen LogP contribution in [0.15, 0.2) is 45.9 Å². The summed E-state index contributed by atoms with van der Waals surface area (Å²) >= 11 is 3.17. The van der Waals surface area contributed by atoms with Crippen molar-refractivity contribution < 1.29 is 4.79 Å². The highest BCUT2D eigenvalue weighted by molar-refractivity contribution is 8.02. The summed E-state index contributed by atoms with van der Waals surface area (Å²) < 4.78 is 0. The van der Waals surface area contributed by atoms with E-state index in [1.807, 2.05) is 30.8 Å². The lowest BCUT2D eigenvalue weighted by atomic mass is 10.1. The molecule has 0 spiro atoms. The van der Waals surface area contributed by atoms with E-state index >= 15 is 0 Å². The van der Waals surface area contributed by atoms with E-state index in [0.29, 0.717) is 23.3 Å². The minimum atomic E-state index is -0.0574. The molecular weight excluding hydrogens is 362 g/mol. The summed E-state index contributed by atoms with van der Waals surface area (Å²) in [6.07, 6.45) is 11.0. The van der Waals surface area contributed by atoms with E-state index in [0.717, 1.165) is 11.3 Å². The highest BCUT2D eigenvalue weighted by atomic mass is 32.2. The molecule has 4 nitrogen and oxygen atoms in total. The van der Waals surface area contributed by atoms with Gasteiger partial charge in [-0.15, -0.1) is 23.1 Å². The molecule has 0 atom stereocenters. The van der Waals surface area contributed by atoms with Gasteiger partial charge in [-0.1, -0.05) is 32.9 Å². The summed E-state index contributed by atoms with van der Waals surface area (Å²) in [5, 5.41) is 0.688. The molecule has 0 unspecified atom stereocenters. The molecule has 6 heteroatoms. The highest BCUT2D eigenvalue weighted by Crippen LogP contribution is 2.43. The average molecular weight is 390 g/mol. The topological polar surface area (TPSA) is 45.6 Å². The van der Waals surface area contributed by atoms with E-state index in [4.69, 9.17) is 0 Å². The number of hydrogen-bond donors (Lipinski definition) is 0. The number of amidine groups is 1. The molecule has 3 rings (SSSR count). The molecule has 1 aromatic heterocycles. The van der Waals surface area contributed by atoms with Crippen molar-refractivity contribution in [2.45, 2.75) is 52.5 Å². The SMILES string of the molecule is C=C(/N=C1\C(=C/C)C=CC(=O)N1Cc1ncsc1C1CC1)SC.CCC. The summed E-state index contributed by atoms with van der Waals surface area (Å²) in [4.78, 5) is 24.5. The second-order valence-corrected chi connectivity index (χ2v) is 7.95. The molecule has 1 aliphatic carbocycles. The van der Waals surface area contributed by atoms with Crippen LogP contribution in [0.3, 0.4) is 0 Å². The minimum absolute atomic E-state index is 0.0574. The van der Waals surface area contributed by atoms with Gasteiger partial charge < -0.3 is 0 Å². The van der Waals surface area contributed by atoms with Crippen molar-refractivity contribution in [1.29, 1.82) is 0 Å². The Hall–Kier alpha value is -1.66. The van der Waals surface area contributed by atoms with Crippen LogP contribution in [-0.2, 0) is 11.3 Å². The van der Waals surface area contributed by atoms with Gasteiger partial charge in [0.25, 0.3) is 5.91 Å². The van der Waals surface area contributed by atoms with Crippen LogP contribution < -0.4 is 0 Å². The van der Waals surface area contributed by atoms with E-state index in [-0.39, 0.29) is 5.91 Å². The number of rotatable bonds is 5. The molecule has 1 fully saturated rings. The molecule has 140 valence electrons. The normalized spacial score (nSPS) is 19.7. The van der Waals surface area contributed by atoms with Crippen molar-refractivity contribution in [3.63, 3.8) is 0 Å². The summed E-state index contributed by atoms with van der Waals surface area (Å²) in [5.41, 5.74) is 3.81. The Balaban J connectivity index is 0.000000758. The average Bonchev–Trinajstić information content (AvgIpc) is 3.37. The number of carbonyl (C=O) groups excluding carboxylic acids is 1. The molecular formula is C20H27N3OS2. The van der Waals surface area contributed by atoms with Crippen LogP contribution in [0.1, 0.15) is 56.5 Å². The highest BCUT2D eigenvalue weighted by Gasteiger charge is 2.31. The maximum Gasteiger partial charge on any atom is 0.252 e. The monoisotopic (exact) mass is 389 g/mol. The summed E-state index contributed by atoms with van der Waals surface area (Å²) in [6, 6.07) is 0. The van der Waals surface area contributed by atoms with Gasteiger partial charge in [-0.3, -0.25) is 9.69 Å². The van der Waals surface area contributed by atoms with Crippen molar-refractivity contribution in [2.24, 2.45) is 4.99 Å². The van der Waals surface area contributed by atoms with Crippen LogP contribution >= 0.6 is 23.1 Å². The molecule has 0 N–H and O–H groups in total. The third-order valence-electron chi connectivity index (χ3n) is 3.89. The number of hydrogen-bond acceptors (Lipinski definition) is 5. The molecule has 1 aliphatic heterocycles. The predicted molar refractivity (Wildman–Crippen MR) is 114 cm³/mol. The Morgan fingerprint density at radius 2 is 2.15 bits per heavy atom. The molecule has 1 aromatic rings. The van der Waals surface area contributed by atoms with E-state index in [1.54, 1.807) is 22.3 Å². The molecule has 1 saturated carbocycles. The van der Waals surface area contributed by atoms with Gasteiger partial charge >= 0.3 is 0 Å². The predicted octanol–water partition coefficient (Wildman–Crippen LogP) is 5.51. The zero-order valence-electron chi connectivity index (χ0n) is 16.0. The number of carbonyl (C=O) groups is 1. The first-order valence-electron chi connectivity index (χ1n) is 8.95. The maximum atomic E-state index is 12.4. The van der Waals surface area contributed by atoms with Gasteiger partial charge in [-0.25, -0.2) is 9.98 Å². The van der Waals surface area contributed by atoms with Crippen LogP contribution in [0.4, 0.5) is 0 Å². The van der Waals surface area contributed by atoms with Gasteiger partial charge in [-0.05, 0) is 38.0 Å². The third-order valence-corrected chi connectivity index (χ3v) is 5.49. The lowest BCUT2D eigenvalue weighted by Crippen LogP contribution is -2.39. The molecule has 0 saturated heterocycles. The minimum Gasteiger partial charge on any atom is -0.287 e. The standard InChI is InChI=1S/C17H19N3OS2.C3H8/c1-4-12-7-8-15(21)20(17(12)19-11(2)22-3)9-14-16(13-5-6-13)23-10-18-14;1-3-2/h4,7-8,10,13H,2,5-6,9H2,1,3H3;3H2,1-2H3/b12-4-,19-17+;. The number of allylic oxidation sites excluding steroid dienone is 1. The first-order valence-corrected chi connectivity index (χ1v) is 11.1. The molecule has 0 bridgehead atoms. The van der Waals surface area contributed by atoms with Gasteiger partial charge in [0.2, 0.25) is 0 Å². The Morgan fingerprint density at radius 3 is 2.73 bits per heavy atom. The van der Waals surface area contributed by atoms with E-state index in [2.05, 4.69) is 30.4 Å². The fourth-order valence-corrected chi connectivity index (χ4v) is 3.63. The number of amides is 1. The Bertz CT molecular complexity index is 742.